The van der Waals surface area contributed by atoms with Crippen molar-refractivity contribution in [2.24, 2.45) is 5.73 Å². The fourth-order valence-electron chi connectivity index (χ4n) is 1.98. The molecule has 3 N–H and O–H groups in total. The van der Waals surface area contributed by atoms with Gasteiger partial charge in [0.25, 0.3) is 0 Å². The van der Waals surface area contributed by atoms with Gasteiger partial charge in [-0.1, -0.05) is 18.6 Å². The van der Waals surface area contributed by atoms with Crippen LogP contribution in [-0.2, 0) is 10.0 Å². The molecule has 0 spiro atoms. The quantitative estimate of drug-likeness (QED) is 0.718. The second kappa shape index (κ2) is 5.39. The Morgan fingerprint density at radius 1 is 1.44 bits per heavy atom. The van der Waals surface area contributed by atoms with E-state index in [1.807, 2.05) is 13.8 Å². The second-order valence-corrected chi connectivity index (χ2v) is 6.58. The smallest absolute Gasteiger partial charge is 0.231 e. The molecule has 1 saturated heterocycles. The number of hydrogen-bond acceptors (Lipinski definition) is 4. The molecular weight excluding hydrogens is 246 g/mol. The summed E-state index contributed by atoms with van der Waals surface area (Å²) in [6.45, 7) is 4.03. The van der Waals surface area contributed by atoms with Crippen molar-refractivity contribution in [2.45, 2.75) is 45.2 Å². The Bertz CT molecular complexity index is 346. The first-order chi connectivity index (χ1) is 7.32. The molecule has 1 rings (SSSR count). The van der Waals surface area contributed by atoms with E-state index in [4.69, 9.17) is 5.73 Å². The summed E-state index contributed by atoms with van der Waals surface area (Å²) in [6.07, 6.45) is 3.13. The van der Waals surface area contributed by atoms with Crippen LogP contribution in [0.1, 0.15) is 33.1 Å². The molecule has 0 aromatic heterocycles. The zero-order chi connectivity index (χ0) is 12.3. The summed E-state index contributed by atoms with van der Waals surface area (Å²) in [5.41, 5.74) is 5.25. The lowest BCUT2D eigenvalue weighted by atomic mass is 10.0. The van der Waals surface area contributed by atoms with Crippen molar-refractivity contribution < 1.29 is 8.42 Å². The van der Waals surface area contributed by atoms with Crippen molar-refractivity contribution in [2.75, 3.05) is 5.75 Å². The number of sulfonamides is 1. The molecule has 0 aromatic carbocycles. The molecule has 0 saturated carbocycles. The molecule has 7 heteroatoms. The summed E-state index contributed by atoms with van der Waals surface area (Å²) in [5, 5.41) is 1.79. The van der Waals surface area contributed by atoms with Gasteiger partial charge in [0, 0.05) is 12.1 Å². The first kappa shape index (κ1) is 13.8. The van der Waals surface area contributed by atoms with Crippen molar-refractivity contribution in [3.63, 3.8) is 0 Å². The Labute approximate surface area is 102 Å². The number of nitrogens with one attached hydrogen (secondary N) is 1. The van der Waals surface area contributed by atoms with Crippen LogP contribution >= 0.6 is 12.2 Å². The maximum atomic E-state index is 11.7. The fourth-order valence-corrected chi connectivity index (χ4v) is 3.57. The summed E-state index contributed by atoms with van der Waals surface area (Å²) < 4.78 is 23.4. The van der Waals surface area contributed by atoms with Crippen LogP contribution in [0.4, 0.5) is 0 Å². The predicted octanol–water partition coefficient (Wildman–Crippen LogP) is 0.370. The van der Waals surface area contributed by atoms with Crippen molar-refractivity contribution in [3.8, 4) is 0 Å². The molecule has 0 aromatic rings. The van der Waals surface area contributed by atoms with Gasteiger partial charge >= 0.3 is 0 Å². The van der Waals surface area contributed by atoms with E-state index in [0.29, 0.717) is 0 Å². The van der Waals surface area contributed by atoms with Gasteiger partial charge in [0.2, 0.25) is 10.0 Å². The highest BCUT2D eigenvalue weighted by Gasteiger charge is 2.28. The van der Waals surface area contributed by atoms with Crippen molar-refractivity contribution in [1.82, 2.24) is 9.84 Å². The van der Waals surface area contributed by atoms with Crippen LogP contribution in [-0.4, -0.2) is 36.3 Å². The number of piperidine rings is 1. The van der Waals surface area contributed by atoms with Gasteiger partial charge in [-0.05, 0) is 26.7 Å². The summed E-state index contributed by atoms with van der Waals surface area (Å²) in [4.78, 5) is 2.55. The van der Waals surface area contributed by atoms with Crippen LogP contribution in [0.25, 0.3) is 0 Å². The van der Waals surface area contributed by atoms with Crippen LogP contribution < -0.4 is 10.6 Å². The number of thiocarbonyl (C=S) groups is 1. The molecule has 1 fully saturated rings. The number of nitrogens with two attached hydrogens (primary N) is 1. The third kappa shape index (κ3) is 3.97. The molecule has 0 bridgehead atoms. The first-order valence-corrected chi connectivity index (χ1v) is 7.44. The van der Waals surface area contributed by atoms with E-state index in [1.165, 1.54) is 0 Å². The minimum Gasteiger partial charge on any atom is -0.392 e. The Kier molecular flexibility index (Phi) is 4.66. The van der Waals surface area contributed by atoms with Crippen LogP contribution in [0.2, 0.25) is 0 Å². The van der Waals surface area contributed by atoms with Gasteiger partial charge in [0.05, 0.1) is 4.99 Å². The summed E-state index contributed by atoms with van der Waals surface area (Å²) in [6, 6.07) is 0.426. The van der Waals surface area contributed by atoms with Gasteiger partial charge in [0.1, 0.15) is 5.75 Å². The number of rotatable bonds is 4. The molecule has 2 unspecified atom stereocenters. The Morgan fingerprint density at radius 2 is 1.94 bits per heavy atom. The van der Waals surface area contributed by atoms with Gasteiger partial charge in [-0.25, -0.2) is 13.4 Å². The van der Waals surface area contributed by atoms with Crippen LogP contribution in [0.15, 0.2) is 0 Å². The summed E-state index contributed by atoms with van der Waals surface area (Å²) >= 11 is 4.61. The Morgan fingerprint density at radius 3 is 2.38 bits per heavy atom. The molecule has 5 nitrogen and oxygen atoms in total. The molecule has 0 radical (unpaired) electrons. The third-order valence-corrected chi connectivity index (χ3v) is 4.28. The summed E-state index contributed by atoms with van der Waals surface area (Å²) in [7, 11) is -3.44. The minimum absolute atomic E-state index is 0.00943. The zero-order valence-electron chi connectivity index (χ0n) is 9.64. The normalized spacial score (nSPS) is 27.9. The lowest BCUT2D eigenvalue weighted by molar-refractivity contribution is 0.0792. The van der Waals surface area contributed by atoms with Gasteiger partial charge in [-0.3, -0.25) is 0 Å². The maximum Gasteiger partial charge on any atom is 0.231 e. The van der Waals surface area contributed by atoms with Gasteiger partial charge in [0.15, 0.2) is 0 Å². The molecule has 1 aliphatic rings. The van der Waals surface area contributed by atoms with E-state index in [-0.39, 0.29) is 22.8 Å². The largest absolute Gasteiger partial charge is 0.392 e. The SMILES string of the molecule is CC1CCCC(C)N1NS(=O)(=O)CC(N)=S. The molecule has 1 aliphatic heterocycles. The van der Waals surface area contributed by atoms with Crippen molar-refractivity contribution in [1.29, 1.82) is 0 Å². The lowest BCUT2D eigenvalue weighted by Gasteiger charge is -2.38. The topological polar surface area (TPSA) is 75.4 Å². The van der Waals surface area contributed by atoms with E-state index in [2.05, 4.69) is 17.0 Å². The van der Waals surface area contributed by atoms with E-state index in [1.54, 1.807) is 5.01 Å². The average Bonchev–Trinajstić information content (AvgIpc) is 2.09. The molecule has 0 amide bonds. The molecule has 16 heavy (non-hydrogen) atoms. The molecule has 2 atom stereocenters. The Hall–Kier alpha value is -0.240. The van der Waals surface area contributed by atoms with Crippen molar-refractivity contribution >= 4 is 27.2 Å². The van der Waals surface area contributed by atoms with Crippen LogP contribution in [0.5, 0.6) is 0 Å². The maximum absolute atomic E-state index is 11.7. The Balaban J connectivity index is 2.67. The number of hydrazine groups is 1. The summed E-state index contributed by atoms with van der Waals surface area (Å²) in [5.74, 6) is -0.293. The van der Waals surface area contributed by atoms with E-state index >= 15 is 0 Å². The molecule has 94 valence electrons. The highest BCUT2D eigenvalue weighted by Crippen LogP contribution is 2.20. The van der Waals surface area contributed by atoms with Crippen LogP contribution in [0.3, 0.4) is 0 Å². The molecule has 1 heterocycles. The highest BCUT2D eigenvalue weighted by atomic mass is 32.2. The molecule has 0 aliphatic carbocycles. The second-order valence-electron chi connectivity index (χ2n) is 4.35. The van der Waals surface area contributed by atoms with E-state index in [0.717, 1.165) is 19.3 Å². The zero-order valence-corrected chi connectivity index (χ0v) is 11.3. The molecular formula is C9H19N3O2S2. The predicted molar refractivity (Wildman–Crippen MR) is 68.3 cm³/mol. The van der Waals surface area contributed by atoms with Crippen molar-refractivity contribution in [3.05, 3.63) is 0 Å². The van der Waals surface area contributed by atoms with E-state index in [9.17, 15) is 8.42 Å². The van der Waals surface area contributed by atoms with Gasteiger partial charge in [-0.15, -0.1) is 4.83 Å². The number of nitrogens with zero attached hydrogens (tertiary/aromatic N) is 1. The van der Waals surface area contributed by atoms with Crippen LogP contribution in [0, 0.1) is 0 Å². The third-order valence-electron chi connectivity index (χ3n) is 2.77. The number of hydrogen-bond donors (Lipinski definition) is 2. The van der Waals surface area contributed by atoms with Gasteiger partial charge < -0.3 is 5.73 Å². The fraction of sp³-hybridized carbons (Fsp3) is 0.889. The lowest BCUT2D eigenvalue weighted by Crippen LogP contribution is -2.55. The monoisotopic (exact) mass is 265 g/mol. The van der Waals surface area contributed by atoms with Gasteiger partial charge in [-0.2, -0.15) is 0 Å². The standard InChI is InChI=1S/C9H19N3O2S2/c1-7-4-3-5-8(2)12(7)11-16(13,14)6-9(10)15/h7-8,11H,3-6H2,1-2H3,(H2,10,15). The van der Waals surface area contributed by atoms with E-state index < -0.39 is 10.0 Å². The highest BCUT2D eigenvalue weighted by molar-refractivity contribution is 7.92. The average molecular weight is 265 g/mol. The first-order valence-electron chi connectivity index (χ1n) is 5.38. The minimum atomic E-state index is -3.44.